The third-order valence-electron chi connectivity index (χ3n) is 1.87. The molecule has 2 unspecified atom stereocenters. The first kappa shape index (κ1) is 7.95. The van der Waals surface area contributed by atoms with E-state index in [-0.39, 0.29) is 6.54 Å². The van der Waals surface area contributed by atoms with E-state index in [1.165, 1.54) is 0 Å². The van der Waals surface area contributed by atoms with E-state index in [1.54, 1.807) is 0 Å². The van der Waals surface area contributed by atoms with Crippen LogP contribution < -0.4 is 5.73 Å². The second-order valence-corrected chi connectivity index (χ2v) is 2.80. The van der Waals surface area contributed by atoms with Crippen LogP contribution in [0.1, 0.15) is 12.8 Å². The Hall–Kier alpha value is -0.150. The van der Waals surface area contributed by atoms with Crippen molar-refractivity contribution < 1.29 is 9.13 Å². The van der Waals surface area contributed by atoms with Crippen LogP contribution >= 0.6 is 0 Å². The predicted molar refractivity (Wildman–Crippen MR) is 37.5 cm³/mol. The summed E-state index contributed by atoms with van der Waals surface area (Å²) in [6.45, 7) is 1.67. The minimum Gasteiger partial charge on any atom is -0.381 e. The number of hydrogen-bond acceptors (Lipinski definition) is 2. The normalized spacial score (nSPS) is 28.8. The molecule has 0 bridgehead atoms. The van der Waals surface area contributed by atoms with Crippen LogP contribution in [-0.4, -0.2) is 25.9 Å². The lowest BCUT2D eigenvalue weighted by atomic mass is 10.0. The Balaban J connectivity index is 2.11. The summed E-state index contributed by atoms with van der Waals surface area (Å²) in [5, 5.41) is 0. The number of hydrogen-bond donors (Lipinski definition) is 1. The molecule has 60 valence electrons. The van der Waals surface area contributed by atoms with Gasteiger partial charge in [-0.1, -0.05) is 0 Å². The zero-order valence-electron chi connectivity index (χ0n) is 6.05. The third-order valence-corrected chi connectivity index (χ3v) is 1.87. The van der Waals surface area contributed by atoms with Gasteiger partial charge in [0.2, 0.25) is 0 Å². The van der Waals surface area contributed by atoms with Gasteiger partial charge in [-0.05, 0) is 18.8 Å². The molecule has 1 saturated heterocycles. The second kappa shape index (κ2) is 3.88. The highest BCUT2D eigenvalue weighted by molar-refractivity contribution is 4.69. The summed E-state index contributed by atoms with van der Waals surface area (Å²) in [4.78, 5) is 0. The van der Waals surface area contributed by atoms with E-state index in [2.05, 4.69) is 0 Å². The lowest BCUT2D eigenvalue weighted by molar-refractivity contribution is 0.175. The molecule has 0 radical (unpaired) electrons. The van der Waals surface area contributed by atoms with Crippen LogP contribution in [0.25, 0.3) is 0 Å². The van der Waals surface area contributed by atoms with Crippen molar-refractivity contribution in [1.29, 1.82) is 0 Å². The molecule has 1 aliphatic rings. The van der Waals surface area contributed by atoms with Crippen LogP contribution in [0.4, 0.5) is 4.39 Å². The Kier molecular flexibility index (Phi) is 3.09. The molecule has 3 heteroatoms. The average Bonchev–Trinajstić information content (AvgIpc) is 2.40. The Morgan fingerprint density at radius 3 is 3.00 bits per heavy atom. The van der Waals surface area contributed by atoms with Crippen molar-refractivity contribution in [2.24, 2.45) is 11.7 Å². The molecular formula is C7H14FNO. The van der Waals surface area contributed by atoms with E-state index in [0.717, 1.165) is 19.6 Å². The SMILES string of the molecule is NCC(F)CC1CCOC1. The van der Waals surface area contributed by atoms with E-state index in [4.69, 9.17) is 10.5 Å². The first-order chi connectivity index (χ1) is 4.83. The van der Waals surface area contributed by atoms with E-state index in [1.807, 2.05) is 0 Å². The fourth-order valence-corrected chi connectivity index (χ4v) is 1.23. The number of alkyl halides is 1. The lowest BCUT2D eigenvalue weighted by Crippen LogP contribution is -2.19. The van der Waals surface area contributed by atoms with Crippen LogP contribution in [0, 0.1) is 5.92 Å². The average molecular weight is 147 g/mol. The van der Waals surface area contributed by atoms with Crippen molar-refractivity contribution in [3.8, 4) is 0 Å². The summed E-state index contributed by atoms with van der Waals surface area (Å²) in [6, 6.07) is 0. The molecule has 1 rings (SSSR count). The minimum absolute atomic E-state index is 0.149. The topological polar surface area (TPSA) is 35.2 Å². The van der Waals surface area contributed by atoms with Gasteiger partial charge in [-0.3, -0.25) is 0 Å². The Morgan fingerprint density at radius 2 is 2.50 bits per heavy atom. The Morgan fingerprint density at radius 1 is 1.70 bits per heavy atom. The van der Waals surface area contributed by atoms with Gasteiger partial charge >= 0.3 is 0 Å². The van der Waals surface area contributed by atoms with Crippen molar-refractivity contribution in [2.45, 2.75) is 19.0 Å². The molecule has 2 nitrogen and oxygen atoms in total. The Bertz CT molecular complexity index is 93.6. The molecule has 0 aromatic carbocycles. The monoisotopic (exact) mass is 147 g/mol. The first-order valence-electron chi connectivity index (χ1n) is 3.75. The van der Waals surface area contributed by atoms with E-state index in [0.29, 0.717) is 12.3 Å². The van der Waals surface area contributed by atoms with Gasteiger partial charge in [-0.2, -0.15) is 0 Å². The van der Waals surface area contributed by atoms with E-state index in [9.17, 15) is 4.39 Å². The van der Waals surface area contributed by atoms with Crippen LogP contribution in [-0.2, 0) is 4.74 Å². The summed E-state index contributed by atoms with van der Waals surface area (Å²) in [5.74, 6) is 0.415. The lowest BCUT2D eigenvalue weighted by Gasteiger charge is -2.08. The molecule has 1 fully saturated rings. The molecule has 0 aliphatic carbocycles. The van der Waals surface area contributed by atoms with Gasteiger partial charge in [0.1, 0.15) is 6.17 Å². The van der Waals surface area contributed by atoms with Gasteiger partial charge in [0, 0.05) is 19.8 Å². The number of halogens is 1. The molecule has 0 spiro atoms. The minimum atomic E-state index is -0.827. The molecule has 10 heavy (non-hydrogen) atoms. The van der Waals surface area contributed by atoms with Gasteiger partial charge in [0.15, 0.2) is 0 Å². The van der Waals surface area contributed by atoms with Crippen molar-refractivity contribution >= 4 is 0 Å². The molecule has 1 aliphatic heterocycles. The van der Waals surface area contributed by atoms with E-state index >= 15 is 0 Å². The van der Waals surface area contributed by atoms with Gasteiger partial charge in [0.05, 0.1) is 0 Å². The fourth-order valence-electron chi connectivity index (χ4n) is 1.23. The fraction of sp³-hybridized carbons (Fsp3) is 1.00. The summed E-state index contributed by atoms with van der Waals surface area (Å²) in [5.41, 5.74) is 5.13. The van der Waals surface area contributed by atoms with Crippen LogP contribution in [0.2, 0.25) is 0 Å². The highest BCUT2D eigenvalue weighted by Crippen LogP contribution is 2.18. The largest absolute Gasteiger partial charge is 0.381 e. The van der Waals surface area contributed by atoms with Crippen molar-refractivity contribution in [3.05, 3.63) is 0 Å². The summed E-state index contributed by atoms with van der Waals surface area (Å²) < 4.78 is 17.7. The van der Waals surface area contributed by atoms with Gasteiger partial charge < -0.3 is 10.5 Å². The zero-order valence-corrected chi connectivity index (χ0v) is 6.05. The summed E-state index contributed by atoms with van der Waals surface area (Å²) >= 11 is 0. The second-order valence-electron chi connectivity index (χ2n) is 2.80. The highest BCUT2D eigenvalue weighted by atomic mass is 19.1. The van der Waals surface area contributed by atoms with Crippen LogP contribution in [0.3, 0.4) is 0 Å². The van der Waals surface area contributed by atoms with Crippen molar-refractivity contribution in [1.82, 2.24) is 0 Å². The van der Waals surface area contributed by atoms with Crippen molar-refractivity contribution in [2.75, 3.05) is 19.8 Å². The standard InChI is InChI=1S/C7H14FNO/c8-7(4-9)3-6-1-2-10-5-6/h6-7H,1-5,9H2. The quantitative estimate of drug-likeness (QED) is 0.638. The van der Waals surface area contributed by atoms with Gasteiger partial charge in [0.25, 0.3) is 0 Å². The van der Waals surface area contributed by atoms with Gasteiger partial charge in [-0.25, -0.2) is 4.39 Å². The molecule has 2 N–H and O–H groups in total. The first-order valence-corrected chi connectivity index (χ1v) is 3.75. The summed E-state index contributed by atoms with van der Waals surface area (Å²) in [7, 11) is 0. The van der Waals surface area contributed by atoms with Crippen LogP contribution in [0.5, 0.6) is 0 Å². The van der Waals surface area contributed by atoms with Crippen LogP contribution in [0.15, 0.2) is 0 Å². The van der Waals surface area contributed by atoms with E-state index < -0.39 is 6.17 Å². The Labute approximate surface area is 60.5 Å². The third kappa shape index (κ3) is 2.23. The molecule has 1 heterocycles. The summed E-state index contributed by atoms with van der Waals surface area (Å²) in [6.07, 6.45) is 0.753. The van der Waals surface area contributed by atoms with Gasteiger partial charge in [-0.15, -0.1) is 0 Å². The van der Waals surface area contributed by atoms with Crippen molar-refractivity contribution in [3.63, 3.8) is 0 Å². The maximum atomic E-state index is 12.6. The predicted octanol–water partition coefficient (Wildman–Crippen LogP) is 0.710. The molecule has 0 amide bonds. The highest BCUT2D eigenvalue weighted by Gasteiger charge is 2.19. The number of rotatable bonds is 3. The molecule has 0 aromatic heterocycles. The maximum absolute atomic E-state index is 12.6. The molecule has 0 aromatic rings. The molecule has 2 atom stereocenters. The zero-order chi connectivity index (χ0) is 7.40. The number of nitrogens with two attached hydrogens (primary N) is 1. The number of ether oxygens (including phenoxy) is 1. The maximum Gasteiger partial charge on any atom is 0.113 e. The molecule has 0 saturated carbocycles. The molecular weight excluding hydrogens is 133 g/mol. The smallest absolute Gasteiger partial charge is 0.113 e.